The smallest absolute Gasteiger partial charge is 0.422 e. The lowest BCUT2D eigenvalue weighted by Gasteiger charge is -2.24. The average molecular weight is 509 g/mol. The quantitative estimate of drug-likeness (QED) is 0.283. The largest absolute Gasteiger partial charge is 0.482 e. The predicted molar refractivity (Wildman–Crippen MR) is 115 cm³/mol. The van der Waals surface area contributed by atoms with Crippen molar-refractivity contribution in [3.63, 3.8) is 0 Å². The van der Waals surface area contributed by atoms with E-state index in [4.69, 9.17) is 21.1 Å². The van der Waals surface area contributed by atoms with Crippen molar-refractivity contribution in [1.82, 2.24) is 0 Å². The summed E-state index contributed by atoms with van der Waals surface area (Å²) in [6.07, 6.45) is -5.85. The SMILES string of the molecule is CCOC(=O)C(c1cc(Cl)c(OCC(F)(F)F)c(-c2ccc(C(F)(F)F)cc2)c1)C1CCCC1. The Morgan fingerprint density at radius 1 is 1.06 bits per heavy atom. The number of alkyl halides is 6. The van der Waals surface area contributed by atoms with Gasteiger partial charge in [0.25, 0.3) is 0 Å². The molecule has 0 bridgehead atoms. The maximum atomic E-state index is 13.0. The summed E-state index contributed by atoms with van der Waals surface area (Å²) in [4.78, 5) is 12.8. The van der Waals surface area contributed by atoms with E-state index in [-0.39, 0.29) is 34.4 Å². The van der Waals surface area contributed by atoms with E-state index < -0.39 is 36.4 Å². The second-order valence-corrected chi connectivity index (χ2v) is 8.54. The molecule has 34 heavy (non-hydrogen) atoms. The van der Waals surface area contributed by atoms with Gasteiger partial charge in [-0.1, -0.05) is 36.6 Å². The zero-order valence-corrected chi connectivity index (χ0v) is 19.0. The molecule has 1 fully saturated rings. The Hall–Kier alpha value is -2.42. The second-order valence-electron chi connectivity index (χ2n) is 8.13. The Labute approximate surface area is 198 Å². The molecule has 1 unspecified atom stereocenters. The van der Waals surface area contributed by atoms with Crippen molar-refractivity contribution in [3.8, 4) is 16.9 Å². The number of hydrogen-bond donors (Lipinski definition) is 0. The van der Waals surface area contributed by atoms with Crippen LogP contribution in [0.2, 0.25) is 5.02 Å². The van der Waals surface area contributed by atoms with E-state index in [1.165, 1.54) is 12.1 Å². The van der Waals surface area contributed by atoms with Gasteiger partial charge in [0.2, 0.25) is 0 Å². The van der Waals surface area contributed by atoms with Crippen LogP contribution in [0.15, 0.2) is 36.4 Å². The van der Waals surface area contributed by atoms with Crippen LogP contribution in [0.4, 0.5) is 26.3 Å². The van der Waals surface area contributed by atoms with E-state index in [0.29, 0.717) is 5.56 Å². The van der Waals surface area contributed by atoms with E-state index in [0.717, 1.165) is 49.9 Å². The van der Waals surface area contributed by atoms with Crippen LogP contribution >= 0.6 is 11.6 Å². The molecule has 3 nitrogen and oxygen atoms in total. The first-order chi connectivity index (χ1) is 15.9. The third-order valence-corrected chi connectivity index (χ3v) is 6.02. The number of ether oxygens (including phenoxy) is 2. The molecule has 0 amide bonds. The Kier molecular flexibility index (Phi) is 8.06. The number of hydrogen-bond acceptors (Lipinski definition) is 3. The standard InChI is InChI=1S/C24H23ClF6O3/c1-2-33-22(32)20(15-5-3-4-6-15)16-11-18(14-7-9-17(10-8-14)24(29,30)31)21(19(25)12-16)34-13-23(26,27)28/h7-12,15,20H,2-6,13H2,1H3. The van der Waals surface area contributed by atoms with E-state index >= 15 is 0 Å². The number of halogens is 7. The summed E-state index contributed by atoms with van der Waals surface area (Å²) in [6.45, 7) is 0.177. The topological polar surface area (TPSA) is 35.5 Å². The lowest BCUT2D eigenvalue weighted by atomic mass is 9.83. The van der Waals surface area contributed by atoms with Crippen molar-refractivity contribution >= 4 is 17.6 Å². The molecule has 0 aliphatic heterocycles. The van der Waals surface area contributed by atoms with E-state index in [2.05, 4.69) is 0 Å². The number of carbonyl (C=O) groups is 1. The van der Waals surface area contributed by atoms with Crippen molar-refractivity contribution < 1.29 is 40.6 Å². The van der Waals surface area contributed by atoms with E-state index in [9.17, 15) is 31.1 Å². The van der Waals surface area contributed by atoms with Crippen molar-refractivity contribution in [2.45, 2.75) is 50.9 Å². The summed E-state index contributed by atoms with van der Waals surface area (Å²) in [5.74, 6) is -1.55. The molecule has 1 aliphatic rings. The van der Waals surface area contributed by atoms with Gasteiger partial charge in [-0.25, -0.2) is 0 Å². The zero-order chi connectivity index (χ0) is 25.1. The first-order valence-electron chi connectivity index (χ1n) is 10.8. The Balaban J connectivity index is 2.12. The third kappa shape index (κ3) is 6.37. The molecule has 0 saturated heterocycles. The summed E-state index contributed by atoms with van der Waals surface area (Å²) in [5, 5.41) is -0.177. The molecule has 2 aromatic rings. The van der Waals surface area contributed by atoms with Crippen LogP contribution in [0, 0.1) is 5.92 Å². The van der Waals surface area contributed by atoms with Gasteiger partial charge in [-0.2, -0.15) is 26.3 Å². The highest BCUT2D eigenvalue weighted by Gasteiger charge is 2.35. The van der Waals surface area contributed by atoms with Crippen molar-refractivity contribution in [3.05, 3.63) is 52.5 Å². The minimum Gasteiger partial charge on any atom is -0.482 e. The monoisotopic (exact) mass is 508 g/mol. The van der Waals surface area contributed by atoms with Crippen LogP contribution in [-0.2, 0) is 15.7 Å². The molecule has 0 radical (unpaired) electrons. The van der Waals surface area contributed by atoms with Crippen molar-refractivity contribution in [2.75, 3.05) is 13.2 Å². The maximum absolute atomic E-state index is 13.0. The molecular weight excluding hydrogens is 486 g/mol. The zero-order valence-electron chi connectivity index (χ0n) is 18.2. The summed E-state index contributed by atoms with van der Waals surface area (Å²) < 4.78 is 87.7. The highest BCUT2D eigenvalue weighted by atomic mass is 35.5. The normalized spacial score (nSPS) is 15.9. The molecule has 10 heteroatoms. The summed E-state index contributed by atoms with van der Waals surface area (Å²) >= 11 is 6.33. The summed E-state index contributed by atoms with van der Waals surface area (Å²) in [6, 6.07) is 6.74. The van der Waals surface area contributed by atoms with Gasteiger partial charge in [0, 0.05) is 5.56 Å². The van der Waals surface area contributed by atoms with Crippen LogP contribution < -0.4 is 4.74 Å². The Morgan fingerprint density at radius 3 is 2.21 bits per heavy atom. The van der Waals surface area contributed by atoms with Gasteiger partial charge < -0.3 is 9.47 Å². The molecule has 0 heterocycles. The molecule has 2 aromatic carbocycles. The van der Waals surface area contributed by atoms with Crippen LogP contribution in [0.25, 0.3) is 11.1 Å². The maximum Gasteiger partial charge on any atom is 0.422 e. The fourth-order valence-corrected chi connectivity index (χ4v) is 4.55. The Morgan fingerprint density at radius 2 is 1.68 bits per heavy atom. The lowest BCUT2D eigenvalue weighted by molar-refractivity contribution is -0.153. The number of esters is 1. The first-order valence-corrected chi connectivity index (χ1v) is 11.2. The van der Waals surface area contributed by atoms with Gasteiger partial charge in [-0.15, -0.1) is 0 Å². The minimum atomic E-state index is -4.66. The molecule has 1 aliphatic carbocycles. The van der Waals surface area contributed by atoms with Crippen LogP contribution in [0.1, 0.15) is 49.7 Å². The molecule has 0 N–H and O–H groups in total. The van der Waals surface area contributed by atoms with Gasteiger partial charge in [-0.05, 0) is 61.1 Å². The van der Waals surface area contributed by atoms with Gasteiger partial charge in [0.05, 0.1) is 23.1 Å². The highest BCUT2D eigenvalue weighted by Crippen LogP contribution is 2.45. The molecule has 0 aromatic heterocycles. The van der Waals surface area contributed by atoms with Crippen LogP contribution in [0.3, 0.4) is 0 Å². The molecule has 1 atom stereocenters. The van der Waals surface area contributed by atoms with Crippen molar-refractivity contribution in [1.29, 1.82) is 0 Å². The van der Waals surface area contributed by atoms with Crippen molar-refractivity contribution in [2.24, 2.45) is 5.92 Å². The minimum absolute atomic E-state index is 0.0440. The molecule has 186 valence electrons. The van der Waals surface area contributed by atoms with Gasteiger partial charge in [0.15, 0.2) is 6.61 Å². The van der Waals surface area contributed by atoms with Gasteiger partial charge in [-0.3, -0.25) is 4.79 Å². The first kappa shape index (κ1) is 26.2. The number of rotatable bonds is 7. The van der Waals surface area contributed by atoms with Gasteiger partial charge in [0.1, 0.15) is 5.75 Å². The van der Waals surface area contributed by atoms with Crippen LogP contribution in [0.5, 0.6) is 5.75 Å². The van der Waals surface area contributed by atoms with Crippen LogP contribution in [-0.4, -0.2) is 25.4 Å². The molecule has 1 saturated carbocycles. The van der Waals surface area contributed by atoms with E-state index in [1.54, 1.807) is 6.92 Å². The molecule has 0 spiro atoms. The summed E-state index contributed by atoms with van der Waals surface area (Å²) in [5.41, 5.74) is -0.257. The summed E-state index contributed by atoms with van der Waals surface area (Å²) in [7, 11) is 0. The van der Waals surface area contributed by atoms with E-state index in [1.807, 2.05) is 0 Å². The fraction of sp³-hybridized carbons (Fsp3) is 0.458. The number of benzene rings is 2. The Bertz CT molecular complexity index is 995. The third-order valence-electron chi connectivity index (χ3n) is 5.74. The second kappa shape index (κ2) is 10.5. The lowest BCUT2D eigenvalue weighted by Crippen LogP contribution is -2.23. The molecule has 3 rings (SSSR count). The average Bonchev–Trinajstić information content (AvgIpc) is 3.26. The molecular formula is C24H23ClF6O3. The fourth-order valence-electron chi connectivity index (χ4n) is 4.27. The van der Waals surface area contributed by atoms with Gasteiger partial charge >= 0.3 is 18.3 Å². The number of carbonyl (C=O) groups excluding carboxylic acids is 1. The predicted octanol–water partition coefficient (Wildman–Crippen LogP) is 7.80. The highest BCUT2D eigenvalue weighted by molar-refractivity contribution is 6.32.